The lowest BCUT2D eigenvalue weighted by Gasteiger charge is -2.07. The predicted molar refractivity (Wildman–Crippen MR) is 64.8 cm³/mol. The number of aliphatic carboxylic acids is 1. The molecule has 0 bridgehead atoms. The van der Waals surface area contributed by atoms with E-state index >= 15 is 0 Å². The quantitative estimate of drug-likeness (QED) is 0.874. The molecule has 0 saturated carbocycles. The van der Waals surface area contributed by atoms with Crippen LogP contribution in [-0.2, 0) is 14.6 Å². The standard InChI is InChI=1S/C12H16O4S/c1-9-5-6-11(10(2)8-9)17(15,16)7-3-4-12(13)14/h5-6,8H,3-4,7H2,1-2H3,(H,13,14). The molecule has 1 N–H and O–H groups in total. The number of benzene rings is 1. The third kappa shape index (κ3) is 3.85. The molecular weight excluding hydrogens is 240 g/mol. The lowest BCUT2D eigenvalue weighted by Crippen LogP contribution is -2.10. The first-order chi connectivity index (χ1) is 7.83. The summed E-state index contributed by atoms with van der Waals surface area (Å²) in [6.07, 6.45) is 0.0229. The zero-order valence-corrected chi connectivity index (χ0v) is 10.8. The fourth-order valence-corrected chi connectivity index (χ4v) is 3.24. The SMILES string of the molecule is Cc1ccc(S(=O)(=O)CCCC(=O)O)c(C)c1. The third-order valence-electron chi connectivity index (χ3n) is 2.47. The highest BCUT2D eigenvalue weighted by atomic mass is 32.2. The smallest absolute Gasteiger partial charge is 0.303 e. The van der Waals surface area contributed by atoms with Gasteiger partial charge in [0.25, 0.3) is 0 Å². The van der Waals surface area contributed by atoms with E-state index in [1.807, 2.05) is 13.0 Å². The van der Waals surface area contributed by atoms with Gasteiger partial charge in [0, 0.05) is 6.42 Å². The second-order valence-corrected chi connectivity index (χ2v) is 6.16. The topological polar surface area (TPSA) is 71.4 Å². The van der Waals surface area contributed by atoms with Crippen LogP contribution in [0.5, 0.6) is 0 Å². The Morgan fingerprint density at radius 3 is 2.47 bits per heavy atom. The molecule has 0 amide bonds. The summed E-state index contributed by atoms with van der Waals surface area (Å²) in [6, 6.07) is 5.14. The summed E-state index contributed by atoms with van der Waals surface area (Å²) in [5.41, 5.74) is 1.72. The van der Waals surface area contributed by atoms with E-state index in [1.165, 1.54) is 0 Å². The molecule has 0 aliphatic heterocycles. The third-order valence-corrected chi connectivity index (χ3v) is 4.42. The maximum atomic E-state index is 12.0. The van der Waals surface area contributed by atoms with E-state index in [0.29, 0.717) is 10.5 Å². The zero-order chi connectivity index (χ0) is 13.1. The average molecular weight is 256 g/mol. The van der Waals surface area contributed by atoms with Crippen LogP contribution in [0.4, 0.5) is 0 Å². The van der Waals surface area contributed by atoms with E-state index in [-0.39, 0.29) is 18.6 Å². The number of sulfone groups is 1. The molecule has 94 valence electrons. The van der Waals surface area contributed by atoms with Crippen molar-refractivity contribution >= 4 is 15.8 Å². The predicted octanol–water partition coefficient (Wildman–Crippen LogP) is 1.94. The Bertz CT molecular complexity index is 517. The van der Waals surface area contributed by atoms with E-state index < -0.39 is 15.8 Å². The normalized spacial score (nSPS) is 11.4. The molecule has 0 fully saturated rings. The molecule has 0 heterocycles. The van der Waals surface area contributed by atoms with Gasteiger partial charge in [0.1, 0.15) is 0 Å². The number of carboxylic acid groups (broad SMARTS) is 1. The van der Waals surface area contributed by atoms with E-state index in [4.69, 9.17) is 5.11 Å². The largest absolute Gasteiger partial charge is 0.481 e. The van der Waals surface area contributed by atoms with Crippen molar-refractivity contribution < 1.29 is 18.3 Å². The van der Waals surface area contributed by atoms with Gasteiger partial charge in [0.2, 0.25) is 0 Å². The number of hydrogen-bond donors (Lipinski definition) is 1. The van der Waals surface area contributed by atoms with Crippen LogP contribution < -0.4 is 0 Å². The fraction of sp³-hybridized carbons (Fsp3) is 0.417. The second kappa shape index (κ2) is 5.31. The van der Waals surface area contributed by atoms with Crippen LogP contribution >= 0.6 is 0 Å². The summed E-state index contributed by atoms with van der Waals surface area (Å²) in [6.45, 7) is 3.64. The van der Waals surface area contributed by atoms with E-state index in [1.54, 1.807) is 19.1 Å². The summed E-state index contributed by atoms with van der Waals surface area (Å²) in [7, 11) is -3.37. The van der Waals surface area contributed by atoms with Crippen molar-refractivity contribution in [2.45, 2.75) is 31.6 Å². The molecule has 4 nitrogen and oxygen atoms in total. The minimum absolute atomic E-state index is 0.121. The van der Waals surface area contributed by atoms with Gasteiger partial charge in [-0.05, 0) is 31.9 Å². The van der Waals surface area contributed by atoms with Crippen molar-refractivity contribution in [2.24, 2.45) is 0 Å². The van der Waals surface area contributed by atoms with Gasteiger partial charge in [-0.15, -0.1) is 0 Å². The van der Waals surface area contributed by atoms with Crippen molar-refractivity contribution in [3.63, 3.8) is 0 Å². The van der Waals surface area contributed by atoms with Crippen LogP contribution in [-0.4, -0.2) is 25.2 Å². The highest BCUT2D eigenvalue weighted by molar-refractivity contribution is 7.91. The molecule has 1 rings (SSSR count). The maximum Gasteiger partial charge on any atom is 0.303 e. The fourth-order valence-electron chi connectivity index (χ4n) is 1.67. The van der Waals surface area contributed by atoms with Crippen LogP contribution in [0.1, 0.15) is 24.0 Å². The summed E-state index contributed by atoms with van der Waals surface area (Å²) in [5.74, 6) is -1.09. The van der Waals surface area contributed by atoms with Crippen LogP contribution in [0, 0.1) is 13.8 Å². The molecule has 1 aromatic carbocycles. The first kappa shape index (κ1) is 13.7. The second-order valence-electron chi connectivity index (χ2n) is 4.09. The van der Waals surface area contributed by atoms with Gasteiger partial charge in [-0.1, -0.05) is 17.7 Å². The molecular formula is C12H16O4S. The Morgan fingerprint density at radius 1 is 1.29 bits per heavy atom. The van der Waals surface area contributed by atoms with Crippen molar-refractivity contribution in [1.29, 1.82) is 0 Å². The number of carboxylic acids is 1. The molecule has 1 aromatic rings. The number of hydrogen-bond acceptors (Lipinski definition) is 3. The molecule has 0 aromatic heterocycles. The molecule has 0 aliphatic rings. The van der Waals surface area contributed by atoms with Gasteiger partial charge in [-0.2, -0.15) is 0 Å². The summed E-state index contributed by atoms with van der Waals surface area (Å²) in [5, 5.41) is 8.48. The lowest BCUT2D eigenvalue weighted by molar-refractivity contribution is -0.137. The number of aryl methyl sites for hydroxylation is 2. The van der Waals surface area contributed by atoms with Crippen LogP contribution in [0.15, 0.2) is 23.1 Å². The first-order valence-electron chi connectivity index (χ1n) is 5.35. The average Bonchev–Trinajstić information content (AvgIpc) is 2.15. The van der Waals surface area contributed by atoms with E-state index in [9.17, 15) is 13.2 Å². The number of rotatable bonds is 5. The van der Waals surface area contributed by atoms with E-state index in [2.05, 4.69) is 0 Å². The van der Waals surface area contributed by atoms with E-state index in [0.717, 1.165) is 5.56 Å². The van der Waals surface area contributed by atoms with Gasteiger partial charge in [0.05, 0.1) is 10.6 Å². The van der Waals surface area contributed by atoms with Gasteiger partial charge >= 0.3 is 5.97 Å². The first-order valence-corrected chi connectivity index (χ1v) is 7.00. The molecule has 5 heteroatoms. The Balaban J connectivity index is 2.86. The highest BCUT2D eigenvalue weighted by Gasteiger charge is 2.17. The van der Waals surface area contributed by atoms with Gasteiger partial charge in [-0.25, -0.2) is 8.42 Å². The molecule has 0 spiro atoms. The Labute approximate surface area is 101 Å². The molecule has 0 unspecified atom stereocenters. The Kier molecular flexibility index (Phi) is 4.28. The minimum atomic E-state index is -3.37. The highest BCUT2D eigenvalue weighted by Crippen LogP contribution is 2.18. The maximum absolute atomic E-state index is 12.0. The number of carbonyl (C=O) groups is 1. The van der Waals surface area contributed by atoms with Crippen molar-refractivity contribution in [1.82, 2.24) is 0 Å². The zero-order valence-electron chi connectivity index (χ0n) is 9.93. The molecule has 0 aliphatic carbocycles. The molecule has 0 atom stereocenters. The Morgan fingerprint density at radius 2 is 1.94 bits per heavy atom. The van der Waals surface area contributed by atoms with Crippen LogP contribution in [0.3, 0.4) is 0 Å². The summed E-state index contributed by atoms with van der Waals surface area (Å²) < 4.78 is 23.9. The summed E-state index contributed by atoms with van der Waals surface area (Å²) in [4.78, 5) is 10.6. The van der Waals surface area contributed by atoms with Gasteiger partial charge < -0.3 is 5.11 Å². The van der Waals surface area contributed by atoms with Crippen LogP contribution in [0.25, 0.3) is 0 Å². The monoisotopic (exact) mass is 256 g/mol. The molecule has 17 heavy (non-hydrogen) atoms. The Hall–Kier alpha value is -1.36. The van der Waals surface area contributed by atoms with Crippen LogP contribution in [0.2, 0.25) is 0 Å². The van der Waals surface area contributed by atoms with Crippen molar-refractivity contribution in [2.75, 3.05) is 5.75 Å². The van der Waals surface area contributed by atoms with Gasteiger partial charge in [-0.3, -0.25) is 4.79 Å². The minimum Gasteiger partial charge on any atom is -0.481 e. The summed E-state index contributed by atoms with van der Waals surface area (Å²) >= 11 is 0. The van der Waals surface area contributed by atoms with Crippen molar-refractivity contribution in [3.8, 4) is 0 Å². The molecule has 0 saturated heterocycles. The van der Waals surface area contributed by atoms with Crippen molar-refractivity contribution in [3.05, 3.63) is 29.3 Å². The molecule has 0 radical (unpaired) electrons. The lowest BCUT2D eigenvalue weighted by atomic mass is 10.2. The van der Waals surface area contributed by atoms with Gasteiger partial charge in [0.15, 0.2) is 9.84 Å².